The van der Waals surface area contributed by atoms with Gasteiger partial charge in [0.15, 0.2) is 0 Å². The van der Waals surface area contributed by atoms with E-state index in [2.05, 4.69) is 11.9 Å². The third-order valence-electron chi connectivity index (χ3n) is 2.50. The van der Waals surface area contributed by atoms with Crippen molar-refractivity contribution in [3.8, 4) is 5.88 Å². The molecule has 1 fully saturated rings. The average molecular weight is 236 g/mol. The number of methoxy groups -OCH3 is 1. The smallest absolute Gasteiger partial charge is 0.272 e. The number of ether oxygens (including phenoxy) is 1. The van der Waals surface area contributed by atoms with Crippen molar-refractivity contribution >= 4 is 5.91 Å². The van der Waals surface area contributed by atoms with Gasteiger partial charge in [-0.15, -0.1) is 0 Å². The molecule has 0 spiro atoms. The molecule has 1 amide bonds. The highest BCUT2D eigenvalue weighted by Crippen LogP contribution is 2.17. The monoisotopic (exact) mass is 236 g/mol. The molecule has 1 aliphatic heterocycles. The molecule has 0 aromatic carbocycles. The van der Waals surface area contributed by atoms with E-state index < -0.39 is 0 Å². The Morgan fingerprint density at radius 3 is 2.59 bits per heavy atom. The average Bonchev–Trinajstić information content (AvgIpc) is 2.37. The van der Waals surface area contributed by atoms with Crippen LogP contribution in [0, 0.1) is 5.92 Å². The Bertz CT molecular complexity index is 373. The Morgan fingerprint density at radius 1 is 1.41 bits per heavy atom. The van der Waals surface area contributed by atoms with E-state index in [9.17, 15) is 4.79 Å². The number of hydrogen-bond acceptors (Lipinski definition) is 3. The number of amides is 1. The fraction of sp³-hybridized carbons (Fsp3) is 0.538. The van der Waals surface area contributed by atoms with Gasteiger partial charge in [-0.25, -0.2) is 4.98 Å². The van der Waals surface area contributed by atoms with Gasteiger partial charge < -0.3 is 9.64 Å². The SMILES string of the molecule is CC.COc1cccc(C(=O)N2CC(C)C2)n1. The summed E-state index contributed by atoms with van der Waals surface area (Å²) in [5.74, 6) is 1.08. The summed E-state index contributed by atoms with van der Waals surface area (Å²) in [5.41, 5.74) is 0.459. The van der Waals surface area contributed by atoms with Crippen LogP contribution in [0.1, 0.15) is 31.3 Å². The van der Waals surface area contributed by atoms with E-state index in [1.807, 2.05) is 13.8 Å². The molecule has 0 bridgehead atoms. The second kappa shape index (κ2) is 6.23. The molecule has 2 heterocycles. The van der Waals surface area contributed by atoms with Gasteiger partial charge >= 0.3 is 0 Å². The molecule has 2 rings (SSSR count). The first kappa shape index (κ1) is 13.5. The van der Waals surface area contributed by atoms with Crippen molar-refractivity contribution in [2.45, 2.75) is 20.8 Å². The largest absolute Gasteiger partial charge is 0.481 e. The van der Waals surface area contributed by atoms with Crippen LogP contribution < -0.4 is 4.74 Å². The Kier molecular flexibility index (Phi) is 4.94. The van der Waals surface area contributed by atoms with Crippen LogP contribution in [0.25, 0.3) is 0 Å². The lowest BCUT2D eigenvalue weighted by Crippen LogP contribution is -2.48. The summed E-state index contributed by atoms with van der Waals surface area (Å²) in [6.45, 7) is 7.79. The number of likely N-dealkylation sites (tertiary alicyclic amines) is 1. The summed E-state index contributed by atoms with van der Waals surface area (Å²) in [7, 11) is 1.54. The summed E-state index contributed by atoms with van der Waals surface area (Å²) in [5, 5.41) is 0. The molecule has 1 saturated heterocycles. The molecular formula is C13H20N2O2. The molecule has 0 N–H and O–H groups in total. The fourth-order valence-electron chi connectivity index (χ4n) is 1.67. The maximum atomic E-state index is 11.8. The van der Waals surface area contributed by atoms with E-state index in [4.69, 9.17) is 4.74 Å². The molecule has 4 nitrogen and oxygen atoms in total. The molecule has 0 saturated carbocycles. The Balaban J connectivity index is 0.000000686. The highest BCUT2D eigenvalue weighted by atomic mass is 16.5. The molecule has 0 atom stereocenters. The molecule has 1 aliphatic rings. The number of rotatable bonds is 2. The van der Waals surface area contributed by atoms with Gasteiger partial charge in [0.2, 0.25) is 5.88 Å². The lowest BCUT2D eigenvalue weighted by atomic mass is 10.0. The molecule has 1 aromatic rings. The molecule has 17 heavy (non-hydrogen) atoms. The van der Waals surface area contributed by atoms with Crippen molar-refractivity contribution in [2.24, 2.45) is 5.92 Å². The maximum Gasteiger partial charge on any atom is 0.272 e. The van der Waals surface area contributed by atoms with Gasteiger partial charge in [-0.3, -0.25) is 4.79 Å². The second-order valence-electron chi connectivity index (χ2n) is 3.88. The molecule has 94 valence electrons. The van der Waals surface area contributed by atoms with Gasteiger partial charge in [0.25, 0.3) is 5.91 Å². The zero-order valence-corrected chi connectivity index (χ0v) is 10.9. The van der Waals surface area contributed by atoms with E-state index >= 15 is 0 Å². The summed E-state index contributed by atoms with van der Waals surface area (Å²) < 4.78 is 4.98. The van der Waals surface area contributed by atoms with Crippen LogP contribution in [0.5, 0.6) is 5.88 Å². The molecule has 0 unspecified atom stereocenters. The van der Waals surface area contributed by atoms with Crippen LogP contribution in [0.2, 0.25) is 0 Å². The number of pyridine rings is 1. The standard InChI is InChI=1S/C11H14N2O2.C2H6/c1-8-6-13(7-8)11(14)9-4-3-5-10(12-9)15-2;1-2/h3-5,8H,6-7H2,1-2H3;1-2H3. The van der Waals surface area contributed by atoms with Gasteiger partial charge in [-0.05, 0) is 12.0 Å². The Hall–Kier alpha value is -1.58. The van der Waals surface area contributed by atoms with E-state index in [-0.39, 0.29) is 5.91 Å². The summed E-state index contributed by atoms with van der Waals surface area (Å²) in [4.78, 5) is 17.8. The maximum absolute atomic E-state index is 11.8. The number of aromatic nitrogens is 1. The first-order valence-electron chi connectivity index (χ1n) is 6.01. The van der Waals surface area contributed by atoms with E-state index in [1.165, 1.54) is 0 Å². The van der Waals surface area contributed by atoms with E-state index in [1.54, 1.807) is 30.2 Å². The number of hydrogen-bond donors (Lipinski definition) is 0. The zero-order valence-electron chi connectivity index (χ0n) is 10.9. The van der Waals surface area contributed by atoms with Crippen LogP contribution in [0.15, 0.2) is 18.2 Å². The van der Waals surface area contributed by atoms with Crippen LogP contribution in [-0.4, -0.2) is 36.0 Å². The van der Waals surface area contributed by atoms with Crippen LogP contribution in [-0.2, 0) is 0 Å². The van der Waals surface area contributed by atoms with E-state index in [0.717, 1.165) is 13.1 Å². The van der Waals surface area contributed by atoms with Crippen molar-refractivity contribution in [3.63, 3.8) is 0 Å². The topological polar surface area (TPSA) is 42.4 Å². The highest BCUT2D eigenvalue weighted by Gasteiger charge is 2.28. The number of carbonyl (C=O) groups is 1. The Labute approximate surface area is 103 Å². The first-order valence-corrected chi connectivity index (χ1v) is 6.01. The van der Waals surface area contributed by atoms with Crippen molar-refractivity contribution in [2.75, 3.05) is 20.2 Å². The van der Waals surface area contributed by atoms with Gasteiger partial charge in [0, 0.05) is 19.2 Å². The van der Waals surface area contributed by atoms with Gasteiger partial charge in [0.1, 0.15) is 5.69 Å². The number of nitrogens with zero attached hydrogens (tertiary/aromatic N) is 2. The third-order valence-corrected chi connectivity index (χ3v) is 2.50. The highest BCUT2D eigenvalue weighted by molar-refractivity contribution is 5.92. The van der Waals surface area contributed by atoms with Gasteiger partial charge in [-0.1, -0.05) is 26.8 Å². The summed E-state index contributed by atoms with van der Waals surface area (Å²) in [6.07, 6.45) is 0. The van der Waals surface area contributed by atoms with Crippen molar-refractivity contribution in [1.82, 2.24) is 9.88 Å². The molecule has 0 radical (unpaired) electrons. The Morgan fingerprint density at radius 2 is 2.06 bits per heavy atom. The molecular weight excluding hydrogens is 216 g/mol. The van der Waals surface area contributed by atoms with E-state index in [0.29, 0.717) is 17.5 Å². The minimum absolute atomic E-state index is 0.00741. The first-order chi connectivity index (χ1) is 8.20. The minimum Gasteiger partial charge on any atom is -0.481 e. The molecule has 1 aromatic heterocycles. The van der Waals surface area contributed by atoms with Crippen molar-refractivity contribution in [1.29, 1.82) is 0 Å². The predicted molar refractivity (Wildman–Crippen MR) is 67.2 cm³/mol. The van der Waals surface area contributed by atoms with Crippen LogP contribution in [0.4, 0.5) is 0 Å². The normalized spacial score (nSPS) is 14.5. The van der Waals surface area contributed by atoms with Crippen LogP contribution >= 0.6 is 0 Å². The van der Waals surface area contributed by atoms with Crippen LogP contribution in [0.3, 0.4) is 0 Å². The fourth-order valence-corrected chi connectivity index (χ4v) is 1.67. The van der Waals surface area contributed by atoms with Crippen molar-refractivity contribution < 1.29 is 9.53 Å². The van der Waals surface area contributed by atoms with Gasteiger partial charge in [-0.2, -0.15) is 0 Å². The van der Waals surface area contributed by atoms with Crippen molar-refractivity contribution in [3.05, 3.63) is 23.9 Å². The predicted octanol–water partition coefficient (Wildman–Crippen LogP) is 2.21. The summed E-state index contributed by atoms with van der Waals surface area (Å²) >= 11 is 0. The van der Waals surface area contributed by atoms with Gasteiger partial charge in [0.05, 0.1) is 7.11 Å². The zero-order chi connectivity index (χ0) is 12.8. The minimum atomic E-state index is -0.00741. The molecule has 4 heteroatoms. The third kappa shape index (κ3) is 3.19. The number of carbonyl (C=O) groups excluding carboxylic acids is 1. The second-order valence-corrected chi connectivity index (χ2v) is 3.88. The lowest BCUT2D eigenvalue weighted by Gasteiger charge is -2.36. The molecule has 0 aliphatic carbocycles. The quantitative estimate of drug-likeness (QED) is 0.790. The summed E-state index contributed by atoms with van der Waals surface area (Å²) in [6, 6.07) is 5.23. The lowest BCUT2D eigenvalue weighted by molar-refractivity contribution is 0.0523.